The molecule has 1 aliphatic carbocycles. The van der Waals surface area contributed by atoms with Crippen molar-refractivity contribution in [2.75, 3.05) is 51.1 Å². The molecule has 210 valence electrons. The van der Waals surface area contributed by atoms with Crippen LogP contribution in [0.4, 0.5) is 10.6 Å². The molecule has 0 bridgehead atoms. The Labute approximate surface area is 229 Å². The molecule has 2 saturated heterocycles. The highest BCUT2D eigenvalue weighted by atomic mass is 16.2. The van der Waals surface area contributed by atoms with Gasteiger partial charge in [-0.2, -0.15) is 4.98 Å². The first-order chi connectivity index (χ1) is 18.6. The van der Waals surface area contributed by atoms with Gasteiger partial charge in [-0.05, 0) is 88.3 Å². The van der Waals surface area contributed by atoms with Gasteiger partial charge in [0.25, 0.3) is 0 Å². The molecule has 3 heterocycles. The number of rotatable bonds is 8. The van der Waals surface area contributed by atoms with Gasteiger partial charge in [-0.3, -0.25) is 14.7 Å². The number of amides is 3. The molecule has 2 aromatic rings. The lowest BCUT2D eigenvalue weighted by molar-refractivity contribution is -0.137. The van der Waals surface area contributed by atoms with Gasteiger partial charge in [-0.15, -0.1) is 0 Å². The Balaban J connectivity index is 1.11. The molecule has 2 unspecified atom stereocenters. The second-order valence-electron chi connectivity index (χ2n) is 11.7. The molecule has 4 atom stereocenters. The predicted molar refractivity (Wildman–Crippen MR) is 150 cm³/mol. The Bertz CT molecular complexity index is 1240. The molecule has 3 fully saturated rings. The zero-order chi connectivity index (χ0) is 27.7. The molecule has 1 aromatic carbocycles. The molecule has 1 aromatic heterocycles. The number of benzene rings is 1. The highest BCUT2D eigenvalue weighted by molar-refractivity contribution is 5.89. The lowest BCUT2D eigenvalue weighted by Crippen LogP contribution is -2.58. The molecule has 5 rings (SSSR count). The van der Waals surface area contributed by atoms with Crippen molar-refractivity contribution in [1.29, 1.82) is 0 Å². The highest BCUT2D eigenvalue weighted by Crippen LogP contribution is 2.48. The largest absolute Gasteiger partial charge is 0.354 e. The van der Waals surface area contributed by atoms with Crippen molar-refractivity contribution in [3.05, 3.63) is 52.6 Å². The van der Waals surface area contributed by atoms with Crippen molar-refractivity contribution < 1.29 is 9.59 Å². The predicted octanol–water partition coefficient (Wildman–Crippen LogP) is 0.632. The number of anilines is 1. The summed E-state index contributed by atoms with van der Waals surface area (Å²) in [5.41, 5.74) is 6.42. The van der Waals surface area contributed by atoms with Gasteiger partial charge in [-0.1, -0.05) is 12.1 Å². The zero-order valence-electron chi connectivity index (χ0n) is 23.0. The van der Waals surface area contributed by atoms with Crippen molar-refractivity contribution in [3.8, 4) is 5.69 Å². The van der Waals surface area contributed by atoms with Crippen LogP contribution in [0, 0.1) is 17.8 Å². The first-order valence-corrected chi connectivity index (χ1v) is 13.9. The number of hydrogen-bond acceptors (Lipinski definition) is 7. The minimum atomic E-state index is -0.943. The number of urea groups is 1. The molecule has 1 saturated carbocycles. The number of nitrogens with one attached hydrogen (secondary N) is 3. The molecule has 5 N–H and O–H groups in total. The van der Waals surface area contributed by atoms with Crippen LogP contribution in [0.15, 0.2) is 41.3 Å². The van der Waals surface area contributed by atoms with E-state index in [1.165, 1.54) is 23.2 Å². The topological polar surface area (TPSA) is 138 Å². The minimum absolute atomic E-state index is 0.138. The third-order valence-electron chi connectivity index (χ3n) is 8.17. The molecular weight excluding hydrogens is 496 g/mol. The number of carbonyl (C=O) groups is 2. The van der Waals surface area contributed by atoms with E-state index < -0.39 is 11.2 Å². The van der Waals surface area contributed by atoms with Gasteiger partial charge >= 0.3 is 11.7 Å². The van der Waals surface area contributed by atoms with Gasteiger partial charge in [0.05, 0.1) is 11.2 Å². The van der Waals surface area contributed by atoms with Gasteiger partial charge < -0.3 is 26.2 Å². The van der Waals surface area contributed by atoms with E-state index in [0.29, 0.717) is 32.2 Å². The van der Waals surface area contributed by atoms with Crippen molar-refractivity contribution in [2.24, 2.45) is 23.5 Å². The van der Waals surface area contributed by atoms with Crippen LogP contribution in [-0.4, -0.2) is 88.7 Å². The van der Waals surface area contributed by atoms with E-state index in [9.17, 15) is 14.4 Å². The molecule has 0 spiro atoms. The van der Waals surface area contributed by atoms with Crippen LogP contribution in [0.25, 0.3) is 5.69 Å². The number of hydrogen-bond donors (Lipinski definition) is 4. The van der Waals surface area contributed by atoms with E-state index in [1.807, 2.05) is 24.3 Å². The molecule has 2 aliphatic heterocycles. The average molecular weight is 537 g/mol. The van der Waals surface area contributed by atoms with Gasteiger partial charge in [0.2, 0.25) is 5.91 Å². The molecule has 39 heavy (non-hydrogen) atoms. The van der Waals surface area contributed by atoms with Crippen LogP contribution < -0.4 is 27.4 Å². The van der Waals surface area contributed by atoms with Crippen LogP contribution in [-0.2, 0) is 11.2 Å². The number of piperazine rings is 1. The standard InChI is InChI=1S/C28H40N8O3/c1-18(31-17-23-21-15-30-16-22(21)23)14-19-4-6-20(7-5-19)36-9-8-24(33-27(36)39)32-26(38)35-12-10-34(11-13-35)25(37)28(2,3)29/h4-9,18,21-23,30-31H,10-17,29H2,1-3H3,(H,32,33,38,39)/t18?,21-,22+,23?. The fraction of sp³-hybridized carbons (Fsp3) is 0.571. The number of carbonyl (C=O) groups excluding carboxylic acids is 2. The van der Waals surface area contributed by atoms with Crippen LogP contribution in [0.3, 0.4) is 0 Å². The van der Waals surface area contributed by atoms with E-state index in [2.05, 4.69) is 27.9 Å². The fourth-order valence-electron chi connectivity index (χ4n) is 5.78. The SMILES string of the molecule is CC(Cc1ccc(-n2ccc(NC(=O)N3CCN(C(=O)C(C)(C)N)CC3)nc2=O)cc1)NCC1[C@H]2CNC[C@@H]12. The molecule has 11 heteroatoms. The summed E-state index contributed by atoms with van der Waals surface area (Å²) in [6.45, 7) is 10.6. The summed E-state index contributed by atoms with van der Waals surface area (Å²) in [6.07, 6.45) is 2.54. The van der Waals surface area contributed by atoms with Crippen LogP contribution in [0.1, 0.15) is 26.3 Å². The van der Waals surface area contributed by atoms with Crippen LogP contribution in [0.2, 0.25) is 0 Å². The van der Waals surface area contributed by atoms with Crippen molar-refractivity contribution in [3.63, 3.8) is 0 Å². The lowest BCUT2D eigenvalue weighted by Gasteiger charge is -2.37. The quantitative estimate of drug-likeness (QED) is 0.388. The number of fused-ring (bicyclic) bond motifs is 1. The number of nitrogens with two attached hydrogens (primary N) is 1. The van der Waals surface area contributed by atoms with Gasteiger partial charge in [-0.25, -0.2) is 9.59 Å². The van der Waals surface area contributed by atoms with Gasteiger partial charge in [0.15, 0.2) is 0 Å². The maximum absolute atomic E-state index is 12.7. The third kappa shape index (κ3) is 6.32. The zero-order valence-corrected chi connectivity index (χ0v) is 23.0. The maximum Gasteiger partial charge on any atom is 0.354 e. The Hall–Kier alpha value is -3.28. The summed E-state index contributed by atoms with van der Waals surface area (Å²) in [4.78, 5) is 45.1. The third-order valence-corrected chi connectivity index (χ3v) is 8.17. The summed E-state index contributed by atoms with van der Waals surface area (Å²) in [6, 6.07) is 9.57. The van der Waals surface area contributed by atoms with E-state index in [0.717, 1.165) is 36.4 Å². The highest BCUT2D eigenvalue weighted by Gasteiger charge is 2.52. The monoisotopic (exact) mass is 536 g/mol. The van der Waals surface area contributed by atoms with E-state index >= 15 is 0 Å². The Morgan fingerprint density at radius 1 is 1.08 bits per heavy atom. The summed E-state index contributed by atoms with van der Waals surface area (Å²) < 4.78 is 1.46. The first-order valence-electron chi connectivity index (χ1n) is 13.9. The Kier molecular flexibility index (Phi) is 7.75. The normalized spacial score (nSPS) is 23.3. The van der Waals surface area contributed by atoms with Crippen LogP contribution in [0.5, 0.6) is 0 Å². The second-order valence-corrected chi connectivity index (χ2v) is 11.7. The Morgan fingerprint density at radius 2 is 1.72 bits per heavy atom. The lowest BCUT2D eigenvalue weighted by atomic mass is 10.1. The maximum atomic E-state index is 12.7. The number of aromatic nitrogens is 2. The summed E-state index contributed by atoms with van der Waals surface area (Å²) in [5.74, 6) is 2.61. The molecule has 11 nitrogen and oxygen atoms in total. The smallest absolute Gasteiger partial charge is 0.338 e. The summed E-state index contributed by atoms with van der Waals surface area (Å²) in [5, 5.41) is 9.82. The average Bonchev–Trinajstić information content (AvgIpc) is 3.33. The first kappa shape index (κ1) is 27.3. The number of nitrogens with zero attached hydrogens (tertiary/aromatic N) is 4. The van der Waals surface area contributed by atoms with Crippen LogP contribution >= 0.6 is 0 Å². The number of piperidine rings is 1. The van der Waals surface area contributed by atoms with Gasteiger partial charge in [0.1, 0.15) is 5.82 Å². The van der Waals surface area contributed by atoms with Crippen molar-refractivity contribution >= 4 is 17.8 Å². The fourth-order valence-corrected chi connectivity index (χ4v) is 5.78. The second kappa shape index (κ2) is 11.1. The summed E-state index contributed by atoms with van der Waals surface area (Å²) >= 11 is 0. The molecule has 0 radical (unpaired) electrons. The Morgan fingerprint density at radius 3 is 2.33 bits per heavy atom. The van der Waals surface area contributed by atoms with Crippen molar-refractivity contribution in [1.82, 2.24) is 30.0 Å². The van der Waals surface area contributed by atoms with Gasteiger partial charge in [0, 0.05) is 38.4 Å². The van der Waals surface area contributed by atoms with Crippen molar-refractivity contribution in [2.45, 2.75) is 38.8 Å². The molecule has 3 aliphatic rings. The van der Waals surface area contributed by atoms with E-state index in [1.54, 1.807) is 35.9 Å². The van der Waals surface area contributed by atoms with E-state index in [4.69, 9.17) is 5.73 Å². The molecular formula is C28H40N8O3. The molecule has 3 amide bonds. The summed E-state index contributed by atoms with van der Waals surface area (Å²) in [7, 11) is 0. The van der Waals surface area contributed by atoms with E-state index in [-0.39, 0.29) is 17.8 Å². The minimum Gasteiger partial charge on any atom is -0.338 e.